The minimum Gasteiger partial charge on any atom is -0.273 e. The highest BCUT2D eigenvalue weighted by Gasteiger charge is 2.15. The van der Waals surface area contributed by atoms with Crippen molar-refractivity contribution in [3.05, 3.63) is 75.8 Å². The molecule has 1 amide bonds. The standard InChI is InChI=1S/C20H19F2N3O2/c1-12(2)8-18-23-17-7-6-15(22)11-16(17)20(27)25(18)24-19(26)10-13-4-3-5-14(21)9-13/h3-7,9,11-12H,8,10H2,1-2H3,(H,24,26). The van der Waals surface area contributed by atoms with Crippen LogP contribution in [0, 0.1) is 17.6 Å². The summed E-state index contributed by atoms with van der Waals surface area (Å²) in [6.45, 7) is 3.92. The zero-order valence-corrected chi connectivity index (χ0v) is 15.0. The van der Waals surface area contributed by atoms with Crippen molar-refractivity contribution in [1.29, 1.82) is 0 Å². The maximum Gasteiger partial charge on any atom is 0.280 e. The molecule has 0 saturated carbocycles. The van der Waals surface area contributed by atoms with Crippen LogP contribution in [0.15, 0.2) is 47.3 Å². The summed E-state index contributed by atoms with van der Waals surface area (Å²) in [6.07, 6.45) is 0.343. The molecule has 2 aromatic carbocycles. The van der Waals surface area contributed by atoms with E-state index in [1.54, 1.807) is 6.07 Å². The molecule has 0 saturated heterocycles. The molecular weight excluding hydrogens is 352 g/mol. The van der Waals surface area contributed by atoms with E-state index in [9.17, 15) is 18.4 Å². The van der Waals surface area contributed by atoms with Crippen molar-refractivity contribution in [2.45, 2.75) is 26.7 Å². The Labute approximate surface area is 154 Å². The van der Waals surface area contributed by atoms with E-state index in [0.717, 1.165) is 10.7 Å². The highest BCUT2D eigenvalue weighted by atomic mass is 19.1. The Morgan fingerprint density at radius 1 is 1.15 bits per heavy atom. The second-order valence-corrected chi connectivity index (χ2v) is 6.77. The SMILES string of the molecule is CC(C)Cc1nc2ccc(F)cc2c(=O)n1NC(=O)Cc1cccc(F)c1. The zero-order valence-electron chi connectivity index (χ0n) is 15.0. The Bertz CT molecular complexity index is 1060. The van der Waals surface area contributed by atoms with Crippen LogP contribution in [0.4, 0.5) is 8.78 Å². The lowest BCUT2D eigenvalue weighted by atomic mass is 10.1. The lowest BCUT2D eigenvalue weighted by Crippen LogP contribution is -2.37. The number of carbonyl (C=O) groups is 1. The van der Waals surface area contributed by atoms with Gasteiger partial charge in [0.2, 0.25) is 5.91 Å². The first-order valence-electron chi connectivity index (χ1n) is 8.59. The maximum absolute atomic E-state index is 13.5. The molecule has 0 spiro atoms. The molecule has 0 fully saturated rings. The number of benzene rings is 2. The van der Waals surface area contributed by atoms with Gasteiger partial charge in [0.15, 0.2) is 0 Å². The number of halogens is 2. The molecule has 1 heterocycles. The van der Waals surface area contributed by atoms with Crippen LogP contribution in [0.25, 0.3) is 10.9 Å². The molecule has 0 aliphatic heterocycles. The van der Waals surface area contributed by atoms with Crippen LogP contribution < -0.4 is 11.0 Å². The molecule has 0 radical (unpaired) electrons. The number of amides is 1. The molecule has 0 aliphatic rings. The van der Waals surface area contributed by atoms with Gasteiger partial charge in [-0.05, 0) is 41.8 Å². The molecule has 3 aromatic rings. The molecular formula is C20H19F2N3O2. The van der Waals surface area contributed by atoms with Crippen LogP contribution in [0.5, 0.6) is 0 Å². The molecule has 27 heavy (non-hydrogen) atoms. The fraction of sp³-hybridized carbons (Fsp3) is 0.250. The summed E-state index contributed by atoms with van der Waals surface area (Å²) < 4.78 is 27.9. The number of rotatable bonds is 5. The Balaban J connectivity index is 1.99. The van der Waals surface area contributed by atoms with E-state index in [1.165, 1.54) is 30.3 Å². The minimum absolute atomic E-state index is 0.0774. The number of aromatic nitrogens is 2. The van der Waals surface area contributed by atoms with Gasteiger partial charge < -0.3 is 0 Å². The summed E-state index contributed by atoms with van der Waals surface area (Å²) in [6, 6.07) is 9.44. The first-order valence-corrected chi connectivity index (χ1v) is 8.59. The van der Waals surface area contributed by atoms with E-state index < -0.39 is 23.1 Å². The van der Waals surface area contributed by atoms with Crippen LogP contribution in [0.2, 0.25) is 0 Å². The van der Waals surface area contributed by atoms with Crippen LogP contribution in [-0.4, -0.2) is 15.6 Å². The van der Waals surface area contributed by atoms with Gasteiger partial charge in [-0.25, -0.2) is 18.4 Å². The maximum atomic E-state index is 13.5. The Kier molecular flexibility index (Phi) is 5.30. The molecule has 0 atom stereocenters. The van der Waals surface area contributed by atoms with Crippen molar-refractivity contribution in [2.24, 2.45) is 5.92 Å². The predicted molar refractivity (Wildman–Crippen MR) is 99.0 cm³/mol. The van der Waals surface area contributed by atoms with Gasteiger partial charge in [-0.2, -0.15) is 0 Å². The van der Waals surface area contributed by atoms with Gasteiger partial charge in [0.1, 0.15) is 17.5 Å². The van der Waals surface area contributed by atoms with Crippen molar-refractivity contribution >= 4 is 16.8 Å². The Hall–Kier alpha value is -3.09. The summed E-state index contributed by atoms with van der Waals surface area (Å²) in [5, 5.41) is 0.0774. The van der Waals surface area contributed by atoms with Crippen molar-refractivity contribution in [1.82, 2.24) is 9.66 Å². The first-order chi connectivity index (χ1) is 12.8. The zero-order chi connectivity index (χ0) is 19.6. The molecule has 7 heteroatoms. The van der Waals surface area contributed by atoms with Gasteiger partial charge in [0, 0.05) is 6.42 Å². The molecule has 0 unspecified atom stereocenters. The first kappa shape index (κ1) is 18.7. The number of nitrogens with one attached hydrogen (secondary N) is 1. The van der Waals surface area contributed by atoms with Crippen molar-refractivity contribution in [3.63, 3.8) is 0 Å². The Morgan fingerprint density at radius 3 is 2.59 bits per heavy atom. The molecule has 3 rings (SSSR count). The van der Waals surface area contributed by atoms with E-state index in [2.05, 4.69) is 10.4 Å². The van der Waals surface area contributed by atoms with Gasteiger partial charge in [-0.1, -0.05) is 26.0 Å². The average Bonchev–Trinajstić information content (AvgIpc) is 2.58. The predicted octanol–water partition coefficient (Wildman–Crippen LogP) is 3.19. The van der Waals surface area contributed by atoms with Crippen molar-refractivity contribution in [2.75, 3.05) is 5.43 Å². The van der Waals surface area contributed by atoms with Crippen LogP contribution in [0.1, 0.15) is 25.2 Å². The summed E-state index contributed by atoms with van der Waals surface area (Å²) in [5.74, 6) is -0.940. The second-order valence-electron chi connectivity index (χ2n) is 6.77. The van der Waals surface area contributed by atoms with Gasteiger partial charge in [-0.15, -0.1) is 0 Å². The normalized spacial score (nSPS) is 11.1. The topological polar surface area (TPSA) is 64.0 Å². The van der Waals surface area contributed by atoms with Crippen LogP contribution in [0.3, 0.4) is 0 Å². The van der Waals surface area contributed by atoms with E-state index >= 15 is 0 Å². The number of hydrogen-bond acceptors (Lipinski definition) is 3. The third-order valence-corrected chi connectivity index (χ3v) is 3.98. The third-order valence-electron chi connectivity index (χ3n) is 3.98. The van der Waals surface area contributed by atoms with Crippen molar-refractivity contribution < 1.29 is 13.6 Å². The highest BCUT2D eigenvalue weighted by Crippen LogP contribution is 2.13. The lowest BCUT2D eigenvalue weighted by Gasteiger charge is -2.16. The smallest absolute Gasteiger partial charge is 0.273 e. The minimum atomic E-state index is -0.560. The van der Waals surface area contributed by atoms with Gasteiger partial charge >= 0.3 is 0 Å². The largest absolute Gasteiger partial charge is 0.280 e. The highest BCUT2D eigenvalue weighted by molar-refractivity contribution is 5.86. The second kappa shape index (κ2) is 7.65. The van der Waals surface area contributed by atoms with E-state index in [-0.39, 0.29) is 17.7 Å². The Morgan fingerprint density at radius 2 is 1.89 bits per heavy atom. The van der Waals surface area contributed by atoms with Gasteiger partial charge in [0.05, 0.1) is 17.3 Å². The number of nitrogens with zero attached hydrogens (tertiary/aromatic N) is 2. The van der Waals surface area contributed by atoms with Gasteiger partial charge in [-0.3, -0.25) is 15.0 Å². The van der Waals surface area contributed by atoms with Crippen LogP contribution >= 0.6 is 0 Å². The molecule has 5 nitrogen and oxygen atoms in total. The molecule has 0 aliphatic carbocycles. The lowest BCUT2D eigenvalue weighted by molar-refractivity contribution is -0.116. The molecule has 140 valence electrons. The van der Waals surface area contributed by atoms with E-state index in [4.69, 9.17) is 0 Å². The quantitative estimate of drug-likeness (QED) is 0.749. The van der Waals surface area contributed by atoms with Crippen LogP contribution in [-0.2, 0) is 17.6 Å². The van der Waals surface area contributed by atoms with Gasteiger partial charge in [0.25, 0.3) is 5.56 Å². The molecule has 0 bridgehead atoms. The fourth-order valence-electron chi connectivity index (χ4n) is 2.82. The molecule has 1 aromatic heterocycles. The summed E-state index contributed by atoms with van der Waals surface area (Å²) in [4.78, 5) is 29.6. The fourth-order valence-corrected chi connectivity index (χ4v) is 2.82. The monoisotopic (exact) mass is 371 g/mol. The number of hydrogen-bond donors (Lipinski definition) is 1. The van der Waals surface area contributed by atoms with Crippen molar-refractivity contribution in [3.8, 4) is 0 Å². The third kappa shape index (κ3) is 4.36. The molecule has 1 N–H and O–H groups in total. The van der Waals surface area contributed by atoms with E-state index in [0.29, 0.717) is 23.3 Å². The summed E-state index contributed by atoms with van der Waals surface area (Å²) >= 11 is 0. The van der Waals surface area contributed by atoms with E-state index in [1.807, 2.05) is 13.8 Å². The average molecular weight is 371 g/mol. The summed E-state index contributed by atoms with van der Waals surface area (Å²) in [5.41, 5.74) is 2.81. The summed E-state index contributed by atoms with van der Waals surface area (Å²) in [7, 11) is 0. The number of carbonyl (C=O) groups excluding carboxylic acids is 1. The number of fused-ring (bicyclic) bond motifs is 1.